The Labute approximate surface area is 209 Å². The number of ether oxygens (including phenoxy) is 1. The van der Waals surface area contributed by atoms with E-state index < -0.39 is 41.9 Å². The number of hydrogen-bond donors (Lipinski definition) is 1. The summed E-state index contributed by atoms with van der Waals surface area (Å²) in [5.41, 5.74) is 0.424. The molecule has 0 spiro atoms. The van der Waals surface area contributed by atoms with Gasteiger partial charge in [0.15, 0.2) is 0 Å². The Morgan fingerprint density at radius 2 is 1.81 bits per heavy atom. The molecule has 0 saturated heterocycles. The number of alkyl halides is 5. The number of rotatable bonds is 7. The maximum absolute atomic E-state index is 13.9. The Hall–Kier alpha value is -3.82. The average molecular weight is 518 g/mol. The third-order valence-electron chi connectivity index (χ3n) is 6.35. The van der Waals surface area contributed by atoms with Crippen LogP contribution in [-0.4, -0.2) is 24.0 Å². The fraction of sp³-hybridized carbons (Fsp3) is 0.296. The molecule has 0 radical (unpaired) electrons. The number of nitrogens with one attached hydrogen (secondary N) is 1. The average Bonchev–Trinajstić information content (AvgIpc) is 3.69. The topological polar surface area (TPSA) is 68.3 Å². The van der Waals surface area contributed by atoms with Gasteiger partial charge in [0.2, 0.25) is 5.91 Å². The molecule has 3 aromatic rings. The number of hydrogen-bond acceptors (Lipinski definition) is 4. The molecule has 0 bridgehead atoms. The second kappa shape index (κ2) is 9.91. The normalized spacial score (nSPS) is 17.3. The minimum absolute atomic E-state index is 0.0855. The van der Waals surface area contributed by atoms with Crippen LogP contribution in [-0.2, 0) is 21.6 Å². The molecule has 2 aromatic carbocycles. The summed E-state index contributed by atoms with van der Waals surface area (Å²) in [7, 11) is 1.18. The Balaban J connectivity index is 1.53. The third kappa shape index (κ3) is 5.63. The molecule has 1 amide bonds. The number of aromatic nitrogens is 1. The fourth-order valence-electron chi connectivity index (χ4n) is 4.14. The first-order chi connectivity index (χ1) is 17.4. The predicted octanol–water partition coefficient (Wildman–Crippen LogP) is 6.80. The van der Waals surface area contributed by atoms with Gasteiger partial charge in [0.05, 0.1) is 18.2 Å². The fourth-order valence-corrected chi connectivity index (χ4v) is 4.14. The van der Waals surface area contributed by atoms with Crippen molar-refractivity contribution < 1.29 is 36.3 Å². The number of halogens is 5. The summed E-state index contributed by atoms with van der Waals surface area (Å²) in [5, 5.41) is 2.70. The van der Waals surface area contributed by atoms with Crippen LogP contribution in [0.1, 0.15) is 52.9 Å². The van der Waals surface area contributed by atoms with Gasteiger partial charge in [-0.25, -0.2) is 4.79 Å². The first-order valence-corrected chi connectivity index (χ1v) is 11.5. The Morgan fingerprint density at radius 1 is 1.05 bits per heavy atom. The van der Waals surface area contributed by atoms with E-state index in [1.165, 1.54) is 56.6 Å². The first kappa shape index (κ1) is 26.2. The summed E-state index contributed by atoms with van der Waals surface area (Å²) in [5.74, 6) is -5.03. The van der Waals surface area contributed by atoms with E-state index >= 15 is 0 Å². The molecule has 5 nitrogen and oxygen atoms in total. The largest absolute Gasteiger partial charge is 0.465 e. The van der Waals surface area contributed by atoms with Crippen LogP contribution in [0.5, 0.6) is 0 Å². The first-order valence-electron chi connectivity index (χ1n) is 11.5. The maximum Gasteiger partial charge on any atom is 0.416 e. The Morgan fingerprint density at radius 3 is 2.43 bits per heavy atom. The van der Waals surface area contributed by atoms with Gasteiger partial charge < -0.3 is 10.1 Å². The molecule has 37 heavy (non-hydrogen) atoms. The van der Waals surface area contributed by atoms with Gasteiger partial charge in [0, 0.05) is 29.8 Å². The lowest BCUT2D eigenvalue weighted by Crippen LogP contribution is -2.15. The highest BCUT2D eigenvalue weighted by Crippen LogP contribution is 2.49. The van der Waals surface area contributed by atoms with Gasteiger partial charge in [0.25, 0.3) is 5.92 Å². The minimum Gasteiger partial charge on any atom is -0.465 e. The molecule has 1 aromatic heterocycles. The van der Waals surface area contributed by atoms with Crippen LogP contribution in [0.4, 0.5) is 27.6 Å². The number of methoxy groups -OCH3 is 1. The van der Waals surface area contributed by atoms with Crippen LogP contribution < -0.4 is 5.32 Å². The number of anilines is 1. The SMILES string of the molecule is CCC(F)(F)c1ccc(-c2ccc(NC(=O)C3CC3c3cccc(C(F)(F)F)c3)cc2C(=O)OC)cn1. The van der Waals surface area contributed by atoms with Crippen molar-refractivity contribution in [2.45, 2.75) is 37.8 Å². The highest BCUT2D eigenvalue weighted by Gasteiger charge is 2.44. The molecule has 1 saturated carbocycles. The molecule has 4 rings (SSSR count). The highest BCUT2D eigenvalue weighted by molar-refractivity contribution is 6.01. The van der Waals surface area contributed by atoms with Crippen molar-refractivity contribution in [3.05, 3.63) is 83.2 Å². The second-order valence-electron chi connectivity index (χ2n) is 8.80. The van der Waals surface area contributed by atoms with Gasteiger partial charge >= 0.3 is 12.1 Å². The van der Waals surface area contributed by atoms with Gasteiger partial charge in [-0.05, 0) is 47.7 Å². The molecule has 1 aliphatic rings. The third-order valence-corrected chi connectivity index (χ3v) is 6.35. The number of amides is 1. The Kier molecular flexibility index (Phi) is 7.03. The van der Waals surface area contributed by atoms with Crippen LogP contribution >= 0.6 is 0 Å². The van der Waals surface area contributed by atoms with Crippen molar-refractivity contribution >= 4 is 17.6 Å². The van der Waals surface area contributed by atoms with E-state index in [0.29, 0.717) is 23.1 Å². The summed E-state index contributed by atoms with van der Waals surface area (Å²) >= 11 is 0. The molecule has 2 atom stereocenters. The lowest BCUT2D eigenvalue weighted by molar-refractivity contribution is -0.137. The van der Waals surface area contributed by atoms with E-state index in [2.05, 4.69) is 10.3 Å². The van der Waals surface area contributed by atoms with E-state index in [4.69, 9.17) is 4.74 Å². The maximum atomic E-state index is 13.9. The molecule has 194 valence electrons. The van der Waals surface area contributed by atoms with E-state index in [-0.39, 0.29) is 22.9 Å². The van der Waals surface area contributed by atoms with E-state index in [1.807, 2.05) is 0 Å². The summed E-state index contributed by atoms with van der Waals surface area (Å²) < 4.78 is 71.7. The molecule has 0 aliphatic heterocycles. The van der Waals surface area contributed by atoms with E-state index in [0.717, 1.165) is 12.1 Å². The number of nitrogens with zero attached hydrogens (tertiary/aromatic N) is 1. The molecular weight excluding hydrogens is 495 g/mol. The standard InChI is InChI=1S/C27H23F5N2O3/c1-3-26(28,29)23-10-7-16(14-33-23)19-9-8-18(12-22(19)25(36)37-2)34-24(35)21-13-20(21)15-5-4-6-17(11-15)27(30,31)32/h4-12,14,20-21H,3,13H2,1-2H3,(H,34,35). The summed E-state index contributed by atoms with van der Waals surface area (Å²) in [6.07, 6.45) is -3.24. The zero-order valence-electron chi connectivity index (χ0n) is 19.9. The summed E-state index contributed by atoms with van der Waals surface area (Å²) in [6.45, 7) is 1.35. The lowest BCUT2D eigenvalue weighted by Gasteiger charge is -2.15. The highest BCUT2D eigenvalue weighted by atomic mass is 19.4. The van der Waals surface area contributed by atoms with Gasteiger partial charge in [-0.3, -0.25) is 9.78 Å². The summed E-state index contributed by atoms with van der Waals surface area (Å²) in [6, 6.07) is 12.0. The molecule has 1 aliphatic carbocycles. The number of carbonyl (C=O) groups is 2. The molecule has 1 N–H and O–H groups in total. The van der Waals surface area contributed by atoms with Gasteiger partial charge in [-0.1, -0.05) is 37.3 Å². The monoisotopic (exact) mass is 518 g/mol. The van der Waals surface area contributed by atoms with E-state index in [1.54, 1.807) is 6.07 Å². The molecule has 1 heterocycles. The van der Waals surface area contributed by atoms with Crippen LogP contribution in [0, 0.1) is 5.92 Å². The number of esters is 1. The van der Waals surface area contributed by atoms with Crippen molar-refractivity contribution in [2.75, 3.05) is 12.4 Å². The van der Waals surface area contributed by atoms with Crippen LogP contribution in [0.2, 0.25) is 0 Å². The van der Waals surface area contributed by atoms with Gasteiger partial charge in [-0.15, -0.1) is 0 Å². The van der Waals surface area contributed by atoms with Gasteiger partial charge in [-0.2, -0.15) is 22.0 Å². The quantitative estimate of drug-likeness (QED) is 0.276. The zero-order valence-corrected chi connectivity index (χ0v) is 19.9. The van der Waals surface area contributed by atoms with Crippen LogP contribution in [0.15, 0.2) is 60.8 Å². The molecule has 10 heteroatoms. The minimum atomic E-state index is -4.47. The van der Waals surface area contributed by atoms with Crippen molar-refractivity contribution in [3.8, 4) is 11.1 Å². The van der Waals surface area contributed by atoms with E-state index in [9.17, 15) is 31.5 Å². The smallest absolute Gasteiger partial charge is 0.416 e. The Bertz CT molecular complexity index is 1320. The number of pyridine rings is 1. The predicted molar refractivity (Wildman–Crippen MR) is 126 cm³/mol. The van der Waals surface area contributed by atoms with Crippen molar-refractivity contribution in [3.63, 3.8) is 0 Å². The molecule has 2 unspecified atom stereocenters. The number of carbonyl (C=O) groups excluding carboxylic acids is 2. The van der Waals surface area contributed by atoms with Crippen LogP contribution in [0.3, 0.4) is 0 Å². The van der Waals surface area contributed by atoms with Crippen molar-refractivity contribution in [1.29, 1.82) is 0 Å². The summed E-state index contributed by atoms with van der Waals surface area (Å²) in [4.78, 5) is 29.1. The molecular formula is C27H23F5N2O3. The van der Waals surface area contributed by atoms with Crippen molar-refractivity contribution in [1.82, 2.24) is 4.98 Å². The van der Waals surface area contributed by atoms with Crippen molar-refractivity contribution in [2.24, 2.45) is 5.92 Å². The van der Waals surface area contributed by atoms with Gasteiger partial charge in [0.1, 0.15) is 5.69 Å². The number of benzene rings is 2. The molecule has 1 fully saturated rings. The lowest BCUT2D eigenvalue weighted by atomic mass is 9.99. The zero-order chi connectivity index (χ0) is 27.0. The second-order valence-corrected chi connectivity index (χ2v) is 8.80. The van der Waals surface area contributed by atoms with Crippen LogP contribution in [0.25, 0.3) is 11.1 Å².